The Bertz CT molecular complexity index is 610. The number of pyridine rings is 1. The summed E-state index contributed by atoms with van der Waals surface area (Å²) in [5, 5.41) is 11.4. The minimum absolute atomic E-state index is 0.0165. The molecule has 2 aromatic rings. The van der Waals surface area contributed by atoms with Crippen molar-refractivity contribution in [2.45, 2.75) is 6.54 Å². The summed E-state index contributed by atoms with van der Waals surface area (Å²) in [4.78, 5) is 20.1. The molecule has 8 nitrogen and oxygen atoms in total. The number of piperazine rings is 1. The van der Waals surface area contributed by atoms with E-state index in [0.29, 0.717) is 18.1 Å². The second-order valence-electron chi connectivity index (χ2n) is 4.70. The van der Waals surface area contributed by atoms with E-state index < -0.39 is 0 Å². The van der Waals surface area contributed by atoms with Gasteiger partial charge in [0.05, 0.1) is 10.7 Å². The Morgan fingerprint density at radius 3 is 2.76 bits per heavy atom. The summed E-state index contributed by atoms with van der Waals surface area (Å²) in [6.07, 6.45) is 4.79. The van der Waals surface area contributed by atoms with Crippen LogP contribution >= 0.6 is 11.6 Å². The van der Waals surface area contributed by atoms with Gasteiger partial charge in [0, 0.05) is 38.6 Å². The third-order valence-electron chi connectivity index (χ3n) is 3.41. The largest absolute Gasteiger partial charge is 0.367 e. The summed E-state index contributed by atoms with van der Waals surface area (Å²) in [5.74, 6) is 0.0165. The maximum Gasteiger partial charge on any atom is 0.244 e. The number of hydrogen-bond acceptors (Lipinski definition) is 6. The number of tetrazole rings is 1. The van der Waals surface area contributed by atoms with Crippen LogP contribution in [0.15, 0.2) is 24.8 Å². The average molecular weight is 308 g/mol. The number of carbonyl (C=O) groups is 1. The number of nitrogens with zero attached hydrogens (tertiary/aromatic N) is 7. The van der Waals surface area contributed by atoms with Crippen LogP contribution in [0.2, 0.25) is 5.02 Å². The first-order chi connectivity index (χ1) is 10.2. The molecule has 1 amide bonds. The maximum atomic E-state index is 12.1. The van der Waals surface area contributed by atoms with Gasteiger partial charge < -0.3 is 9.80 Å². The molecule has 0 N–H and O–H groups in total. The van der Waals surface area contributed by atoms with Gasteiger partial charge >= 0.3 is 0 Å². The number of halogens is 1. The Hall–Kier alpha value is -2.22. The Balaban J connectivity index is 1.58. The highest BCUT2D eigenvalue weighted by atomic mass is 35.5. The second kappa shape index (κ2) is 6.04. The number of rotatable bonds is 3. The van der Waals surface area contributed by atoms with Crippen LogP contribution in [-0.4, -0.2) is 62.2 Å². The molecule has 0 aliphatic carbocycles. The van der Waals surface area contributed by atoms with Crippen molar-refractivity contribution >= 4 is 23.2 Å². The van der Waals surface area contributed by atoms with Gasteiger partial charge in [-0.2, -0.15) is 0 Å². The number of anilines is 1. The fourth-order valence-electron chi connectivity index (χ4n) is 2.31. The standard InChI is InChI=1S/C12H14ClN7O/c13-10-7-14-2-1-11(10)18-3-5-19(6-4-18)12(21)8-20-9-15-16-17-20/h1-2,7,9H,3-6,8H2. The van der Waals surface area contributed by atoms with Gasteiger partial charge in [0.25, 0.3) is 0 Å². The van der Waals surface area contributed by atoms with Gasteiger partial charge in [-0.05, 0) is 16.5 Å². The molecule has 1 fully saturated rings. The highest BCUT2D eigenvalue weighted by Crippen LogP contribution is 2.25. The van der Waals surface area contributed by atoms with Crippen LogP contribution < -0.4 is 4.90 Å². The Kier molecular flexibility index (Phi) is 3.96. The van der Waals surface area contributed by atoms with Crippen molar-refractivity contribution in [3.63, 3.8) is 0 Å². The van der Waals surface area contributed by atoms with Crippen LogP contribution in [0.5, 0.6) is 0 Å². The molecular weight excluding hydrogens is 294 g/mol. The van der Waals surface area contributed by atoms with E-state index in [9.17, 15) is 4.79 Å². The molecule has 21 heavy (non-hydrogen) atoms. The van der Waals surface area contributed by atoms with Gasteiger partial charge in [-0.25, -0.2) is 4.68 Å². The van der Waals surface area contributed by atoms with E-state index in [1.807, 2.05) is 11.0 Å². The summed E-state index contributed by atoms with van der Waals surface area (Å²) in [7, 11) is 0. The second-order valence-corrected chi connectivity index (χ2v) is 5.11. The van der Waals surface area contributed by atoms with Crippen molar-refractivity contribution in [1.82, 2.24) is 30.1 Å². The Labute approximate surface area is 126 Å². The molecule has 1 aliphatic heterocycles. The predicted octanol–water partition coefficient (Wildman–Crippen LogP) is 0.0703. The van der Waals surface area contributed by atoms with Crippen molar-refractivity contribution in [3.8, 4) is 0 Å². The first-order valence-electron chi connectivity index (χ1n) is 6.57. The molecule has 1 saturated heterocycles. The van der Waals surface area contributed by atoms with Crippen LogP contribution in [0.3, 0.4) is 0 Å². The molecule has 0 unspecified atom stereocenters. The van der Waals surface area contributed by atoms with E-state index in [0.717, 1.165) is 18.8 Å². The third kappa shape index (κ3) is 3.10. The summed E-state index contributed by atoms with van der Waals surface area (Å²) in [6.45, 7) is 2.96. The molecule has 3 rings (SSSR count). The van der Waals surface area contributed by atoms with Crippen molar-refractivity contribution in [2.75, 3.05) is 31.1 Å². The predicted molar refractivity (Wildman–Crippen MR) is 75.9 cm³/mol. The molecule has 0 saturated carbocycles. The zero-order valence-corrected chi connectivity index (χ0v) is 12.0. The first kappa shape index (κ1) is 13.7. The van der Waals surface area contributed by atoms with Crippen LogP contribution in [-0.2, 0) is 11.3 Å². The molecule has 2 aromatic heterocycles. The topological polar surface area (TPSA) is 80.0 Å². The fraction of sp³-hybridized carbons (Fsp3) is 0.417. The van der Waals surface area contributed by atoms with Crippen molar-refractivity contribution < 1.29 is 4.79 Å². The monoisotopic (exact) mass is 307 g/mol. The SMILES string of the molecule is O=C(Cn1cnnn1)N1CCN(c2ccncc2Cl)CC1. The highest BCUT2D eigenvalue weighted by Gasteiger charge is 2.22. The number of hydrogen-bond donors (Lipinski definition) is 0. The smallest absolute Gasteiger partial charge is 0.244 e. The van der Waals surface area contributed by atoms with E-state index in [1.54, 1.807) is 12.4 Å². The van der Waals surface area contributed by atoms with Gasteiger partial charge in [0.2, 0.25) is 5.91 Å². The van der Waals surface area contributed by atoms with Crippen LogP contribution in [0.4, 0.5) is 5.69 Å². The van der Waals surface area contributed by atoms with E-state index in [1.165, 1.54) is 11.0 Å². The molecule has 9 heteroatoms. The molecule has 3 heterocycles. The summed E-state index contributed by atoms with van der Waals surface area (Å²) in [6, 6.07) is 1.89. The lowest BCUT2D eigenvalue weighted by atomic mass is 10.2. The maximum absolute atomic E-state index is 12.1. The fourth-order valence-corrected chi connectivity index (χ4v) is 2.55. The van der Waals surface area contributed by atoms with E-state index >= 15 is 0 Å². The van der Waals surface area contributed by atoms with Gasteiger partial charge in [-0.1, -0.05) is 11.6 Å². The Morgan fingerprint density at radius 2 is 2.10 bits per heavy atom. The lowest BCUT2D eigenvalue weighted by molar-refractivity contribution is -0.132. The lowest BCUT2D eigenvalue weighted by Gasteiger charge is -2.36. The van der Waals surface area contributed by atoms with Crippen LogP contribution in [0, 0.1) is 0 Å². The van der Waals surface area contributed by atoms with E-state index in [-0.39, 0.29) is 12.5 Å². The third-order valence-corrected chi connectivity index (χ3v) is 3.70. The zero-order chi connectivity index (χ0) is 14.7. The van der Waals surface area contributed by atoms with Crippen molar-refractivity contribution in [2.24, 2.45) is 0 Å². The lowest BCUT2D eigenvalue weighted by Crippen LogP contribution is -2.49. The minimum Gasteiger partial charge on any atom is -0.367 e. The Morgan fingerprint density at radius 1 is 1.29 bits per heavy atom. The molecule has 0 atom stereocenters. The van der Waals surface area contributed by atoms with Crippen LogP contribution in [0.1, 0.15) is 0 Å². The molecule has 110 valence electrons. The minimum atomic E-state index is 0.0165. The van der Waals surface area contributed by atoms with Crippen molar-refractivity contribution in [1.29, 1.82) is 0 Å². The average Bonchev–Trinajstić information content (AvgIpc) is 3.01. The summed E-state index contributed by atoms with van der Waals surface area (Å²) < 4.78 is 1.43. The summed E-state index contributed by atoms with van der Waals surface area (Å²) >= 11 is 6.14. The quantitative estimate of drug-likeness (QED) is 0.798. The number of amides is 1. The molecule has 0 aromatic carbocycles. The number of aromatic nitrogens is 5. The van der Waals surface area contributed by atoms with Gasteiger partial charge in [0.1, 0.15) is 12.9 Å². The summed E-state index contributed by atoms with van der Waals surface area (Å²) in [5.41, 5.74) is 0.958. The first-order valence-corrected chi connectivity index (χ1v) is 6.95. The van der Waals surface area contributed by atoms with E-state index in [2.05, 4.69) is 25.4 Å². The molecular formula is C12H14ClN7O. The van der Waals surface area contributed by atoms with Crippen LogP contribution in [0.25, 0.3) is 0 Å². The normalized spacial score (nSPS) is 15.3. The van der Waals surface area contributed by atoms with Gasteiger partial charge in [-0.15, -0.1) is 5.10 Å². The zero-order valence-electron chi connectivity index (χ0n) is 11.3. The molecule has 0 spiro atoms. The molecule has 0 radical (unpaired) electrons. The highest BCUT2D eigenvalue weighted by molar-refractivity contribution is 6.33. The van der Waals surface area contributed by atoms with E-state index in [4.69, 9.17) is 11.6 Å². The number of carbonyl (C=O) groups excluding carboxylic acids is 1. The van der Waals surface area contributed by atoms with Crippen molar-refractivity contribution in [3.05, 3.63) is 29.8 Å². The molecule has 0 bridgehead atoms. The van der Waals surface area contributed by atoms with Gasteiger partial charge in [0.15, 0.2) is 0 Å². The van der Waals surface area contributed by atoms with Gasteiger partial charge in [-0.3, -0.25) is 9.78 Å². The molecule has 1 aliphatic rings.